The second kappa shape index (κ2) is 6.61. The Balaban J connectivity index is 2.43. The van der Waals surface area contributed by atoms with Crippen molar-refractivity contribution >= 4 is 17.6 Å². The van der Waals surface area contributed by atoms with E-state index in [0.717, 1.165) is 17.9 Å². The molecule has 0 saturated heterocycles. The van der Waals surface area contributed by atoms with Crippen LogP contribution in [0.2, 0.25) is 5.02 Å². The summed E-state index contributed by atoms with van der Waals surface area (Å²) in [6, 6.07) is 0. The Bertz CT molecular complexity index is 390. The van der Waals surface area contributed by atoms with Gasteiger partial charge in [0.15, 0.2) is 0 Å². The van der Waals surface area contributed by atoms with Gasteiger partial charge in [-0.3, -0.25) is 9.48 Å². The first-order valence-corrected chi connectivity index (χ1v) is 6.08. The van der Waals surface area contributed by atoms with Crippen LogP contribution in [-0.4, -0.2) is 27.4 Å². The molecule has 0 unspecified atom stereocenters. The maximum atomic E-state index is 10.3. The van der Waals surface area contributed by atoms with E-state index in [2.05, 4.69) is 10.4 Å². The summed E-state index contributed by atoms with van der Waals surface area (Å²) < 4.78 is 1.86. The van der Waals surface area contributed by atoms with Crippen molar-refractivity contribution in [1.29, 1.82) is 0 Å². The molecule has 2 N–H and O–H groups in total. The molecule has 1 aromatic heterocycles. The Morgan fingerprint density at radius 1 is 1.59 bits per heavy atom. The molecule has 6 heteroatoms. The number of halogens is 1. The Labute approximate surface area is 106 Å². The number of aromatic nitrogens is 2. The fourth-order valence-electron chi connectivity index (χ4n) is 1.61. The highest BCUT2D eigenvalue weighted by atomic mass is 35.5. The van der Waals surface area contributed by atoms with Crippen molar-refractivity contribution in [2.75, 3.05) is 6.54 Å². The zero-order chi connectivity index (χ0) is 12.8. The van der Waals surface area contributed by atoms with Crippen LogP contribution in [0.3, 0.4) is 0 Å². The molecule has 5 nitrogen and oxygen atoms in total. The van der Waals surface area contributed by atoms with Gasteiger partial charge >= 0.3 is 5.97 Å². The monoisotopic (exact) mass is 259 g/mol. The molecule has 0 spiro atoms. The summed E-state index contributed by atoms with van der Waals surface area (Å²) in [5, 5.41) is 16.7. The number of aliphatic carboxylic acids is 1. The Hall–Kier alpha value is -1.07. The summed E-state index contributed by atoms with van der Waals surface area (Å²) in [4.78, 5) is 10.3. The van der Waals surface area contributed by atoms with E-state index in [-0.39, 0.29) is 6.42 Å². The number of rotatable bonds is 7. The SMILES string of the molecule is CCn1nc(C)c(Cl)c1CNCCCC(=O)O. The molecule has 0 saturated carbocycles. The smallest absolute Gasteiger partial charge is 0.303 e. The topological polar surface area (TPSA) is 67.2 Å². The fraction of sp³-hybridized carbons (Fsp3) is 0.636. The fourth-order valence-corrected chi connectivity index (χ4v) is 1.81. The van der Waals surface area contributed by atoms with Gasteiger partial charge in [0.2, 0.25) is 0 Å². The summed E-state index contributed by atoms with van der Waals surface area (Å²) >= 11 is 6.14. The molecule has 1 aromatic rings. The summed E-state index contributed by atoms with van der Waals surface area (Å²) in [7, 11) is 0. The molecule has 0 aliphatic heterocycles. The van der Waals surface area contributed by atoms with Gasteiger partial charge < -0.3 is 10.4 Å². The summed E-state index contributed by atoms with van der Waals surface area (Å²) in [5.74, 6) is -0.765. The van der Waals surface area contributed by atoms with Crippen LogP contribution >= 0.6 is 11.6 Å². The molecular weight excluding hydrogens is 242 g/mol. The van der Waals surface area contributed by atoms with Gasteiger partial charge in [-0.05, 0) is 26.8 Å². The lowest BCUT2D eigenvalue weighted by Gasteiger charge is -2.06. The summed E-state index contributed by atoms with van der Waals surface area (Å²) in [6.07, 6.45) is 0.805. The molecule has 0 aliphatic rings. The number of nitrogens with one attached hydrogen (secondary N) is 1. The molecule has 0 amide bonds. The van der Waals surface area contributed by atoms with Crippen LogP contribution in [0.15, 0.2) is 0 Å². The number of aryl methyl sites for hydroxylation is 2. The number of carboxylic acid groups (broad SMARTS) is 1. The molecular formula is C11H18ClN3O2. The summed E-state index contributed by atoms with van der Waals surface area (Å²) in [5.41, 5.74) is 1.79. The van der Waals surface area contributed by atoms with E-state index in [9.17, 15) is 4.79 Å². The molecule has 17 heavy (non-hydrogen) atoms. The van der Waals surface area contributed by atoms with E-state index in [0.29, 0.717) is 24.5 Å². The predicted octanol–water partition coefficient (Wildman–Crippen LogP) is 1.82. The lowest BCUT2D eigenvalue weighted by molar-refractivity contribution is -0.137. The van der Waals surface area contributed by atoms with Crippen molar-refractivity contribution in [3.8, 4) is 0 Å². The lowest BCUT2D eigenvalue weighted by Crippen LogP contribution is -2.18. The molecule has 96 valence electrons. The first-order valence-electron chi connectivity index (χ1n) is 5.70. The Morgan fingerprint density at radius 3 is 2.88 bits per heavy atom. The molecule has 1 heterocycles. The first kappa shape index (κ1) is 14.0. The van der Waals surface area contributed by atoms with E-state index in [1.165, 1.54) is 0 Å². The summed E-state index contributed by atoms with van der Waals surface area (Å²) in [6.45, 7) is 5.95. The van der Waals surface area contributed by atoms with Gasteiger partial charge in [0, 0.05) is 19.5 Å². The third-order valence-electron chi connectivity index (χ3n) is 2.49. The maximum absolute atomic E-state index is 10.3. The van der Waals surface area contributed by atoms with E-state index in [1.54, 1.807) is 0 Å². The average Bonchev–Trinajstić information content (AvgIpc) is 2.55. The molecule has 0 radical (unpaired) electrons. The number of hydrogen-bond donors (Lipinski definition) is 2. The van der Waals surface area contributed by atoms with E-state index >= 15 is 0 Å². The minimum absolute atomic E-state index is 0.187. The molecule has 0 atom stereocenters. The van der Waals surface area contributed by atoms with Crippen LogP contribution in [0.1, 0.15) is 31.2 Å². The van der Waals surface area contributed by atoms with E-state index < -0.39 is 5.97 Å². The largest absolute Gasteiger partial charge is 0.481 e. The first-order chi connectivity index (χ1) is 8.06. The molecule has 0 aliphatic carbocycles. The predicted molar refractivity (Wildman–Crippen MR) is 66.2 cm³/mol. The quantitative estimate of drug-likeness (QED) is 0.733. The number of carbonyl (C=O) groups is 1. The third kappa shape index (κ3) is 4.02. The van der Waals surface area contributed by atoms with Crippen LogP contribution in [0.5, 0.6) is 0 Å². The second-order valence-corrected chi connectivity index (χ2v) is 4.21. The molecule has 0 aromatic carbocycles. The van der Waals surface area contributed by atoms with Gasteiger partial charge in [-0.2, -0.15) is 5.10 Å². The van der Waals surface area contributed by atoms with Gasteiger partial charge in [-0.25, -0.2) is 0 Å². The normalized spacial score (nSPS) is 10.8. The minimum Gasteiger partial charge on any atom is -0.481 e. The van der Waals surface area contributed by atoms with Crippen LogP contribution in [-0.2, 0) is 17.9 Å². The Kier molecular flexibility index (Phi) is 5.44. The highest BCUT2D eigenvalue weighted by Crippen LogP contribution is 2.19. The molecule has 0 bridgehead atoms. The maximum Gasteiger partial charge on any atom is 0.303 e. The van der Waals surface area contributed by atoms with Gasteiger partial charge in [0.25, 0.3) is 0 Å². The van der Waals surface area contributed by atoms with Gasteiger partial charge in [0.1, 0.15) is 0 Å². The molecule has 0 fully saturated rings. The van der Waals surface area contributed by atoms with Gasteiger partial charge in [-0.1, -0.05) is 11.6 Å². The van der Waals surface area contributed by atoms with Crippen LogP contribution in [0.25, 0.3) is 0 Å². The minimum atomic E-state index is -0.765. The van der Waals surface area contributed by atoms with Crippen LogP contribution < -0.4 is 5.32 Å². The lowest BCUT2D eigenvalue weighted by atomic mass is 10.3. The van der Waals surface area contributed by atoms with Crippen molar-refractivity contribution in [3.05, 3.63) is 16.4 Å². The molecule has 1 rings (SSSR count). The number of hydrogen-bond acceptors (Lipinski definition) is 3. The number of carboxylic acids is 1. The van der Waals surface area contributed by atoms with Crippen molar-refractivity contribution in [3.63, 3.8) is 0 Å². The van der Waals surface area contributed by atoms with E-state index in [4.69, 9.17) is 16.7 Å². The highest BCUT2D eigenvalue weighted by molar-refractivity contribution is 6.31. The third-order valence-corrected chi connectivity index (χ3v) is 2.98. The standard InChI is InChI=1S/C11H18ClN3O2/c1-3-15-9(11(12)8(2)14-15)7-13-6-4-5-10(16)17/h13H,3-7H2,1-2H3,(H,16,17). The van der Waals surface area contributed by atoms with Crippen LogP contribution in [0.4, 0.5) is 0 Å². The van der Waals surface area contributed by atoms with E-state index in [1.807, 2.05) is 18.5 Å². The van der Waals surface area contributed by atoms with Crippen molar-refractivity contribution < 1.29 is 9.90 Å². The van der Waals surface area contributed by atoms with Crippen molar-refractivity contribution in [1.82, 2.24) is 15.1 Å². The van der Waals surface area contributed by atoms with Crippen LogP contribution in [0, 0.1) is 6.92 Å². The second-order valence-electron chi connectivity index (χ2n) is 3.84. The van der Waals surface area contributed by atoms with Gasteiger partial charge in [0.05, 0.1) is 16.4 Å². The zero-order valence-electron chi connectivity index (χ0n) is 10.2. The number of nitrogens with zero attached hydrogens (tertiary/aromatic N) is 2. The highest BCUT2D eigenvalue weighted by Gasteiger charge is 2.11. The average molecular weight is 260 g/mol. The van der Waals surface area contributed by atoms with Crippen molar-refractivity contribution in [2.45, 2.75) is 39.8 Å². The zero-order valence-corrected chi connectivity index (χ0v) is 10.9. The van der Waals surface area contributed by atoms with Crippen molar-refractivity contribution in [2.24, 2.45) is 0 Å². The Morgan fingerprint density at radius 2 is 2.29 bits per heavy atom. The van der Waals surface area contributed by atoms with Gasteiger partial charge in [-0.15, -0.1) is 0 Å².